The van der Waals surface area contributed by atoms with Crippen LogP contribution in [0.5, 0.6) is 0 Å². The van der Waals surface area contributed by atoms with E-state index in [1.54, 1.807) is 13.8 Å². The largest absolute Gasteiger partial charge is 0.393 e. The molecule has 6 nitrogen and oxygen atoms in total. The molecule has 0 fully saturated rings. The summed E-state index contributed by atoms with van der Waals surface area (Å²) >= 11 is 0. The highest BCUT2D eigenvalue weighted by atomic mass is 19.1. The summed E-state index contributed by atoms with van der Waals surface area (Å²) < 4.78 is 27.0. The molecule has 0 aromatic heterocycles. The van der Waals surface area contributed by atoms with Gasteiger partial charge in [0.15, 0.2) is 0 Å². The quantitative estimate of drug-likeness (QED) is 0.524. The maximum Gasteiger partial charge on any atom is 0.294 e. The number of nitro groups is 1. The van der Waals surface area contributed by atoms with Crippen LogP contribution in [-0.4, -0.2) is 10.8 Å². The molecule has 1 heterocycles. The van der Waals surface area contributed by atoms with Crippen molar-refractivity contribution < 1.29 is 18.5 Å². The number of hydrogen-bond acceptors (Lipinski definition) is 4. The van der Waals surface area contributed by atoms with Gasteiger partial charge in [0.1, 0.15) is 17.3 Å². The first kappa shape index (κ1) is 16.8. The molecule has 2 N–H and O–H groups in total. The van der Waals surface area contributed by atoms with E-state index < -0.39 is 22.0 Å². The summed E-state index contributed by atoms with van der Waals surface area (Å²) in [7, 11) is 0. The fourth-order valence-electron chi connectivity index (χ4n) is 3.02. The van der Waals surface area contributed by atoms with Gasteiger partial charge in [0, 0.05) is 17.7 Å². The van der Waals surface area contributed by atoms with Crippen LogP contribution < -0.4 is 10.6 Å². The lowest BCUT2D eigenvalue weighted by Gasteiger charge is -2.20. The Balaban J connectivity index is 2.12. The number of rotatable bonds is 3. The number of halogens is 2. The van der Waals surface area contributed by atoms with E-state index in [0.29, 0.717) is 11.3 Å². The number of carbonyl (C=O) groups is 1. The van der Waals surface area contributed by atoms with Gasteiger partial charge in [-0.3, -0.25) is 14.9 Å². The van der Waals surface area contributed by atoms with E-state index in [9.17, 15) is 23.7 Å². The first-order chi connectivity index (χ1) is 11.6. The van der Waals surface area contributed by atoms with E-state index in [1.165, 1.54) is 23.1 Å². The van der Waals surface area contributed by atoms with Crippen LogP contribution in [0.4, 0.5) is 25.8 Å². The Bertz CT molecular complexity index is 912. The third kappa shape index (κ3) is 2.59. The summed E-state index contributed by atoms with van der Waals surface area (Å²) in [5.74, 6) is -1.85. The molecule has 25 heavy (non-hydrogen) atoms. The van der Waals surface area contributed by atoms with Crippen LogP contribution in [-0.2, 0) is 16.8 Å². The van der Waals surface area contributed by atoms with Crippen LogP contribution in [0.1, 0.15) is 25.0 Å². The average molecular weight is 347 g/mol. The second kappa shape index (κ2) is 5.51. The Labute approximate surface area is 142 Å². The van der Waals surface area contributed by atoms with E-state index in [4.69, 9.17) is 5.73 Å². The Morgan fingerprint density at radius 1 is 1.24 bits per heavy atom. The number of benzene rings is 2. The number of anilines is 2. The molecule has 130 valence electrons. The van der Waals surface area contributed by atoms with Gasteiger partial charge in [-0.25, -0.2) is 8.78 Å². The maximum atomic E-state index is 14.0. The van der Waals surface area contributed by atoms with Crippen molar-refractivity contribution in [2.75, 3.05) is 10.6 Å². The third-order valence-electron chi connectivity index (χ3n) is 4.43. The van der Waals surface area contributed by atoms with Crippen molar-refractivity contribution in [3.05, 3.63) is 63.2 Å². The SMILES string of the molecule is CC1(C)C(=O)N(Cc2ccc(F)cc2F)c2cc([N+](=O)[O-])c(N)cc21. The molecule has 0 atom stereocenters. The van der Waals surface area contributed by atoms with Gasteiger partial charge < -0.3 is 10.6 Å². The highest BCUT2D eigenvalue weighted by Crippen LogP contribution is 2.45. The number of carbonyl (C=O) groups excluding carboxylic acids is 1. The van der Waals surface area contributed by atoms with Gasteiger partial charge in [-0.2, -0.15) is 0 Å². The molecule has 0 bridgehead atoms. The fourth-order valence-corrected chi connectivity index (χ4v) is 3.02. The zero-order valence-electron chi connectivity index (χ0n) is 13.5. The number of nitrogens with zero attached hydrogens (tertiary/aromatic N) is 2. The summed E-state index contributed by atoms with van der Waals surface area (Å²) in [6.07, 6.45) is 0. The predicted octanol–water partition coefficient (Wildman–Crippen LogP) is 3.28. The van der Waals surface area contributed by atoms with Crippen LogP contribution in [0.15, 0.2) is 30.3 Å². The van der Waals surface area contributed by atoms with Gasteiger partial charge in [-0.05, 0) is 31.5 Å². The van der Waals surface area contributed by atoms with Crippen molar-refractivity contribution in [2.45, 2.75) is 25.8 Å². The number of nitro benzene ring substituents is 1. The van der Waals surface area contributed by atoms with Crippen molar-refractivity contribution in [3.8, 4) is 0 Å². The molecule has 0 spiro atoms. The highest BCUT2D eigenvalue weighted by Gasteiger charge is 2.45. The second-order valence-corrected chi connectivity index (χ2v) is 6.44. The van der Waals surface area contributed by atoms with Crippen LogP contribution in [0.25, 0.3) is 0 Å². The standard InChI is InChI=1S/C17H15F2N3O3/c1-17(2)11-6-13(20)15(22(24)25)7-14(11)21(16(17)23)8-9-3-4-10(18)5-12(9)19/h3-7H,8,20H2,1-2H3. The molecule has 3 rings (SSSR count). The molecule has 2 aromatic rings. The van der Waals surface area contributed by atoms with Crippen molar-refractivity contribution in [1.29, 1.82) is 0 Å². The number of hydrogen-bond donors (Lipinski definition) is 1. The molecule has 2 aromatic carbocycles. The lowest BCUT2D eigenvalue weighted by Crippen LogP contribution is -2.35. The van der Waals surface area contributed by atoms with E-state index >= 15 is 0 Å². The third-order valence-corrected chi connectivity index (χ3v) is 4.43. The monoisotopic (exact) mass is 347 g/mol. The zero-order chi connectivity index (χ0) is 18.5. The number of nitrogen functional groups attached to an aromatic ring is 1. The van der Waals surface area contributed by atoms with Gasteiger partial charge in [0.05, 0.1) is 22.6 Å². The Kier molecular flexibility index (Phi) is 3.70. The van der Waals surface area contributed by atoms with E-state index in [1.807, 2.05) is 0 Å². The Morgan fingerprint density at radius 3 is 2.52 bits per heavy atom. The van der Waals surface area contributed by atoms with Gasteiger partial charge in [-0.1, -0.05) is 6.07 Å². The minimum Gasteiger partial charge on any atom is -0.393 e. The van der Waals surface area contributed by atoms with E-state index in [2.05, 4.69) is 0 Å². The normalized spacial score (nSPS) is 15.4. The van der Waals surface area contributed by atoms with Crippen molar-refractivity contribution in [1.82, 2.24) is 0 Å². The lowest BCUT2D eigenvalue weighted by molar-refractivity contribution is -0.383. The molecule has 1 aliphatic heterocycles. The van der Waals surface area contributed by atoms with Crippen LogP contribution in [0.3, 0.4) is 0 Å². The summed E-state index contributed by atoms with van der Waals surface area (Å²) in [6, 6.07) is 5.70. The molecule has 1 aliphatic rings. The van der Waals surface area contributed by atoms with Crippen molar-refractivity contribution >= 4 is 23.0 Å². The number of nitrogens with two attached hydrogens (primary N) is 1. The first-order valence-corrected chi connectivity index (χ1v) is 7.47. The van der Waals surface area contributed by atoms with Crippen LogP contribution >= 0.6 is 0 Å². The molecule has 1 amide bonds. The average Bonchev–Trinajstić information content (AvgIpc) is 2.70. The minimum absolute atomic E-state index is 0.0422. The van der Waals surface area contributed by atoms with E-state index in [-0.39, 0.29) is 29.4 Å². The molecule has 0 aliphatic carbocycles. The molecular formula is C17H15F2N3O3. The molecule has 8 heteroatoms. The van der Waals surface area contributed by atoms with E-state index in [0.717, 1.165) is 12.1 Å². The van der Waals surface area contributed by atoms with Crippen LogP contribution in [0.2, 0.25) is 0 Å². The Hall–Kier alpha value is -3.03. The second-order valence-electron chi connectivity index (χ2n) is 6.44. The molecule has 0 unspecified atom stereocenters. The van der Waals surface area contributed by atoms with Gasteiger partial charge in [0.25, 0.3) is 5.69 Å². The minimum atomic E-state index is -0.963. The van der Waals surface area contributed by atoms with Gasteiger partial charge in [0.2, 0.25) is 5.91 Å². The summed E-state index contributed by atoms with van der Waals surface area (Å²) in [5, 5.41) is 11.1. The topological polar surface area (TPSA) is 89.5 Å². The summed E-state index contributed by atoms with van der Waals surface area (Å²) in [5.41, 5.74) is 5.34. The lowest BCUT2D eigenvalue weighted by atomic mass is 9.86. The van der Waals surface area contributed by atoms with Crippen molar-refractivity contribution in [2.24, 2.45) is 0 Å². The highest BCUT2D eigenvalue weighted by molar-refractivity contribution is 6.08. The van der Waals surface area contributed by atoms with Crippen LogP contribution in [0, 0.1) is 21.7 Å². The zero-order valence-corrected chi connectivity index (χ0v) is 13.5. The van der Waals surface area contributed by atoms with Gasteiger partial charge >= 0.3 is 0 Å². The first-order valence-electron chi connectivity index (χ1n) is 7.47. The summed E-state index contributed by atoms with van der Waals surface area (Å²) in [6.45, 7) is 3.17. The molecule has 0 radical (unpaired) electrons. The number of fused-ring (bicyclic) bond motifs is 1. The smallest absolute Gasteiger partial charge is 0.294 e. The van der Waals surface area contributed by atoms with Gasteiger partial charge in [-0.15, -0.1) is 0 Å². The predicted molar refractivity (Wildman–Crippen MR) is 88.1 cm³/mol. The summed E-state index contributed by atoms with van der Waals surface area (Å²) in [4.78, 5) is 24.5. The van der Waals surface area contributed by atoms with Crippen molar-refractivity contribution in [3.63, 3.8) is 0 Å². The Morgan fingerprint density at radius 2 is 1.92 bits per heavy atom. The fraction of sp³-hybridized carbons (Fsp3) is 0.235. The number of amides is 1. The molecule has 0 saturated carbocycles. The molecular weight excluding hydrogens is 332 g/mol. The molecule has 0 saturated heterocycles. The maximum absolute atomic E-state index is 14.0.